The first kappa shape index (κ1) is 20.9. The van der Waals surface area contributed by atoms with Gasteiger partial charge in [0, 0.05) is 18.9 Å². The molecule has 8 nitrogen and oxygen atoms in total. The van der Waals surface area contributed by atoms with Crippen molar-refractivity contribution in [2.24, 2.45) is 0 Å². The summed E-state index contributed by atoms with van der Waals surface area (Å²) in [7, 11) is 0. The van der Waals surface area contributed by atoms with Crippen molar-refractivity contribution in [3.63, 3.8) is 0 Å². The summed E-state index contributed by atoms with van der Waals surface area (Å²) < 4.78 is 10.8. The Labute approximate surface area is 179 Å². The van der Waals surface area contributed by atoms with Crippen LogP contribution < -0.4 is 10.6 Å². The third-order valence-electron chi connectivity index (χ3n) is 5.86. The molecular weight excluding hydrogens is 400 g/mol. The Morgan fingerprint density at radius 1 is 1.13 bits per heavy atom. The van der Waals surface area contributed by atoms with Crippen molar-refractivity contribution in [3.05, 3.63) is 59.7 Å². The summed E-state index contributed by atoms with van der Waals surface area (Å²) in [4.78, 5) is 36.4. The average molecular weight is 424 g/mol. The summed E-state index contributed by atoms with van der Waals surface area (Å²) >= 11 is 0. The van der Waals surface area contributed by atoms with Crippen molar-refractivity contribution in [1.82, 2.24) is 10.6 Å². The Morgan fingerprint density at radius 3 is 2.29 bits per heavy atom. The average Bonchev–Trinajstić information content (AvgIpc) is 3.36. The number of benzene rings is 2. The summed E-state index contributed by atoms with van der Waals surface area (Å²) in [5.74, 6) is -1.87. The quantitative estimate of drug-likeness (QED) is 0.656. The van der Waals surface area contributed by atoms with E-state index in [0.717, 1.165) is 22.3 Å². The smallest absolute Gasteiger partial charge is 0.408 e. The van der Waals surface area contributed by atoms with E-state index in [9.17, 15) is 14.4 Å². The van der Waals surface area contributed by atoms with Crippen LogP contribution in [0.4, 0.5) is 4.79 Å². The summed E-state index contributed by atoms with van der Waals surface area (Å²) in [5.41, 5.74) is 3.06. The Bertz CT molecular complexity index is 969. The van der Waals surface area contributed by atoms with Gasteiger partial charge in [-0.25, -0.2) is 4.79 Å². The van der Waals surface area contributed by atoms with E-state index in [1.807, 2.05) is 48.5 Å². The Hall–Kier alpha value is -3.39. The minimum atomic E-state index is -1.35. The van der Waals surface area contributed by atoms with Crippen molar-refractivity contribution >= 4 is 18.0 Å². The number of carboxylic acid groups (broad SMARTS) is 1. The number of hydrogen-bond acceptors (Lipinski definition) is 5. The van der Waals surface area contributed by atoms with Crippen LogP contribution in [-0.2, 0) is 19.1 Å². The van der Waals surface area contributed by atoms with Crippen molar-refractivity contribution in [2.45, 2.75) is 30.8 Å². The number of carbonyl (C=O) groups is 3. The lowest BCUT2D eigenvalue weighted by molar-refractivity contribution is -0.142. The highest BCUT2D eigenvalue weighted by atomic mass is 16.6. The molecular formula is C23H24N2O6. The number of carbonyl (C=O) groups excluding carboxylic acids is 2. The molecule has 0 saturated carbocycles. The summed E-state index contributed by atoms with van der Waals surface area (Å²) in [5, 5.41) is 14.1. The first-order valence-corrected chi connectivity index (χ1v) is 10.2. The molecule has 2 amide bonds. The standard InChI is InChI=1S/C23H24N2O6/c1-14(20(26)27)24-21(28)23(10-11-30-13-23)25-22(29)31-12-19-17-8-4-2-6-15(17)16-7-3-5-9-18(16)19/h2-9,14,19H,10-13H2,1H3,(H,24,28)(H,25,29)(H,26,27). The van der Waals surface area contributed by atoms with Gasteiger partial charge in [-0.15, -0.1) is 0 Å². The highest BCUT2D eigenvalue weighted by Gasteiger charge is 2.45. The first-order chi connectivity index (χ1) is 14.9. The molecule has 2 aliphatic rings. The number of nitrogens with one attached hydrogen (secondary N) is 2. The summed E-state index contributed by atoms with van der Waals surface area (Å²) in [6.07, 6.45) is -0.513. The van der Waals surface area contributed by atoms with Gasteiger partial charge in [0.15, 0.2) is 0 Å². The molecule has 1 aliphatic heterocycles. The molecule has 0 radical (unpaired) electrons. The Kier molecular flexibility index (Phi) is 5.65. The fourth-order valence-electron chi connectivity index (χ4n) is 4.13. The van der Waals surface area contributed by atoms with Gasteiger partial charge in [0.1, 0.15) is 18.2 Å². The molecule has 1 heterocycles. The van der Waals surface area contributed by atoms with E-state index in [1.54, 1.807) is 0 Å². The lowest BCUT2D eigenvalue weighted by atomic mass is 9.97. The van der Waals surface area contributed by atoms with Crippen molar-refractivity contribution in [2.75, 3.05) is 19.8 Å². The van der Waals surface area contributed by atoms with Crippen LogP contribution in [0.5, 0.6) is 0 Å². The molecule has 1 saturated heterocycles. The van der Waals surface area contributed by atoms with E-state index in [4.69, 9.17) is 14.6 Å². The number of aliphatic carboxylic acids is 1. The molecule has 2 unspecified atom stereocenters. The maximum Gasteiger partial charge on any atom is 0.408 e. The summed E-state index contributed by atoms with van der Waals surface area (Å²) in [6, 6.07) is 14.9. The zero-order valence-electron chi connectivity index (χ0n) is 17.1. The Morgan fingerprint density at radius 2 is 1.74 bits per heavy atom. The minimum absolute atomic E-state index is 0.0463. The zero-order valence-corrected chi connectivity index (χ0v) is 17.1. The molecule has 8 heteroatoms. The van der Waals surface area contributed by atoms with Crippen LogP contribution >= 0.6 is 0 Å². The number of ether oxygens (including phenoxy) is 2. The molecule has 162 valence electrons. The second-order valence-corrected chi connectivity index (χ2v) is 7.87. The molecule has 1 fully saturated rings. The highest BCUT2D eigenvalue weighted by molar-refractivity contribution is 5.93. The molecule has 31 heavy (non-hydrogen) atoms. The number of alkyl carbamates (subject to hydrolysis) is 1. The SMILES string of the molecule is CC(NC(=O)C1(NC(=O)OCC2c3ccccc3-c3ccccc32)CCOC1)C(=O)O. The van der Waals surface area contributed by atoms with Crippen LogP contribution in [0.15, 0.2) is 48.5 Å². The molecule has 2 aromatic rings. The molecule has 0 bridgehead atoms. The monoisotopic (exact) mass is 424 g/mol. The third kappa shape index (κ3) is 3.98. The molecule has 3 N–H and O–H groups in total. The lowest BCUT2D eigenvalue weighted by Gasteiger charge is -2.28. The van der Waals surface area contributed by atoms with Crippen molar-refractivity contribution in [3.8, 4) is 11.1 Å². The highest BCUT2D eigenvalue weighted by Crippen LogP contribution is 2.44. The van der Waals surface area contributed by atoms with E-state index in [1.165, 1.54) is 6.92 Å². The van der Waals surface area contributed by atoms with Crippen molar-refractivity contribution < 1.29 is 29.0 Å². The van der Waals surface area contributed by atoms with Crippen LogP contribution in [0.3, 0.4) is 0 Å². The third-order valence-corrected chi connectivity index (χ3v) is 5.86. The molecule has 0 spiro atoms. The van der Waals surface area contributed by atoms with Crippen LogP contribution in [0.25, 0.3) is 11.1 Å². The summed E-state index contributed by atoms with van der Waals surface area (Å²) in [6.45, 7) is 1.70. The van der Waals surface area contributed by atoms with Gasteiger partial charge >= 0.3 is 12.1 Å². The van der Waals surface area contributed by atoms with Gasteiger partial charge in [-0.2, -0.15) is 0 Å². The fraction of sp³-hybridized carbons (Fsp3) is 0.348. The number of fused-ring (bicyclic) bond motifs is 3. The van der Waals surface area contributed by atoms with Crippen LogP contribution in [-0.4, -0.2) is 54.5 Å². The van der Waals surface area contributed by atoms with Gasteiger partial charge in [-0.1, -0.05) is 48.5 Å². The van der Waals surface area contributed by atoms with E-state index in [-0.39, 0.29) is 32.2 Å². The molecule has 4 rings (SSSR count). The van der Waals surface area contributed by atoms with E-state index >= 15 is 0 Å². The van der Waals surface area contributed by atoms with Gasteiger partial charge in [0.2, 0.25) is 5.91 Å². The number of amides is 2. The maximum atomic E-state index is 12.7. The predicted molar refractivity (Wildman–Crippen MR) is 112 cm³/mol. The minimum Gasteiger partial charge on any atom is -0.480 e. The van der Waals surface area contributed by atoms with Crippen LogP contribution in [0, 0.1) is 0 Å². The van der Waals surface area contributed by atoms with Gasteiger partial charge in [0.25, 0.3) is 0 Å². The molecule has 0 aromatic heterocycles. The van der Waals surface area contributed by atoms with E-state index in [0.29, 0.717) is 0 Å². The second kappa shape index (κ2) is 8.39. The molecule has 2 aromatic carbocycles. The van der Waals surface area contributed by atoms with Crippen molar-refractivity contribution in [1.29, 1.82) is 0 Å². The van der Waals surface area contributed by atoms with Gasteiger partial charge < -0.3 is 25.2 Å². The van der Waals surface area contributed by atoms with Crippen LogP contribution in [0.1, 0.15) is 30.4 Å². The topological polar surface area (TPSA) is 114 Å². The lowest BCUT2D eigenvalue weighted by Crippen LogP contribution is -2.61. The van der Waals surface area contributed by atoms with E-state index in [2.05, 4.69) is 10.6 Å². The molecule has 2 atom stereocenters. The number of rotatable bonds is 6. The molecule has 1 aliphatic carbocycles. The number of carboxylic acids is 1. The van der Waals surface area contributed by atoms with Gasteiger partial charge in [-0.3, -0.25) is 9.59 Å². The van der Waals surface area contributed by atoms with Crippen LogP contribution in [0.2, 0.25) is 0 Å². The number of hydrogen-bond donors (Lipinski definition) is 3. The van der Waals surface area contributed by atoms with Gasteiger partial charge in [0.05, 0.1) is 6.61 Å². The second-order valence-electron chi connectivity index (χ2n) is 7.87. The van der Waals surface area contributed by atoms with Gasteiger partial charge in [-0.05, 0) is 29.2 Å². The normalized spacial score (nSPS) is 20.4. The van der Waals surface area contributed by atoms with E-state index < -0.39 is 29.6 Å². The maximum absolute atomic E-state index is 12.7. The Balaban J connectivity index is 1.45. The predicted octanol–water partition coefficient (Wildman–Crippen LogP) is 2.27. The first-order valence-electron chi connectivity index (χ1n) is 10.2. The fourth-order valence-corrected chi connectivity index (χ4v) is 4.13. The zero-order chi connectivity index (χ0) is 22.0. The largest absolute Gasteiger partial charge is 0.480 e.